The molecule has 1 heterocycles. The second kappa shape index (κ2) is 10.6. The van der Waals surface area contributed by atoms with Gasteiger partial charge in [-0.15, -0.1) is 0 Å². The SMILES string of the molecule is O=C(C[C@H]1C=C[C@@H](NS(=O)(=O)c2ccccc2)[C@@H](CO)O1)NCc1ccc(Cl)c(Cl)c1. The van der Waals surface area contributed by atoms with Crippen molar-refractivity contribution in [2.75, 3.05) is 6.61 Å². The van der Waals surface area contributed by atoms with Crippen molar-refractivity contribution < 1.29 is 23.1 Å². The Morgan fingerprint density at radius 1 is 1.06 bits per heavy atom. The summed E-state index contributed by atoms with van der Waals surface area (Å²) in [7, 11) is -3.78. The van der Waals surface area contributed by atoms with Crippen LogP contribution in [0.4, 0.5) is 0 Å². The maximum absolute atomic E-state index is 12.5. The summed E-state index contributed by atoms with van der Waals surface area (Å²) in [4.78, 5) is 12.4. The van der Waals surface area contributed by atoms with Gasteiger partial charge in [0, 0.05) is 6.54 Å². The lowest BCUT2D eigenvalue weighted by molar-refractivity contribution is -0.125. The summed E-state index contributed by atoms with van der Waals surface area (Å²) in [5, 5.41) is 13.3. The molecule has 2 aromatic rings. The summed E-state index contributed by atoms with van der Waals surface area (Å²) in [6.45, 7) is -0.136. The van der Waals surface area contributed by atoms with E-state index in [1.165, 1.54) is 12.1 Å². The minimum absolute atomic E-state index is 0.0203. The fourth-order valence-corrected chi connectivity index (χ4v) is 4.62. The van der Waals surface area contributed by atoms with Gasteiger partial charge in [0.1, 0.15) is 6.10 Å². The highest BCUT2D eigenvalue weighted by atomic mass is 35.5. The first-order valence-electron chi connectivity index (χ1n) is 9.51. The molecule has 2 aromatic carbocycles. The first-order chi connectivity index (χ1) is 14.8. The van der Waals surface area contributed by atoms with Gasteiger partial charge in [-0.3, -0.25) is 4.79 Å². The summed E-state index contributed by atoms with van der Waals surface area (Å²) in [6.07, 6.45) is 1.82. The highest BCUT2D eigenvalue weighted by molar-refractivity contribution is 7.89. The zero-order chi connectivity index (χ0) is 22.4. The summed E-state index contributed by atoms with van der Waals surface area (Å²) in [5.74, 6) is -0.263. The van der Waals surface area contributed by atoms with E-state index in [9.17, 15) is 18.3 Å². The zero-order valence-electron chi connectivity index (χ0n) is 16.4. The quantitative estimate of drug-likeness (QED) is 0.499. The second-order valence-electron chi connectivity index (χ2n) is 6.97. The third-order valence-corrected chi connectivity index (χ3v) is 6.88. The van der Waals surface area contributed by atoms with Gasteiger partial charge < -0.3 is 15.2 Å². The predicted octanol–water partition coefficient (Wildman–Crippen LogP) is 2.66. The van der Waals surface area contributed by atoms with Crippen molar-refractivity contribution in [2.24, 2.45) is 0 Å². The number of carbonyl (C=O) groups excluding carboxylic acids is 1. The number of hydrogen-bond donors (Lipinski definition) is 3. The molecule has 31 heavy (non-hydrogen) atoms. The fourth-order valence-electron chi connectivity index (χ4n) is 3.06. The maximum atomic E-state index is 12.5. The molecule has 0 saturated carbocycles. The van der Waals surface area contributed by atoms with E-state index >= 15 is 0 Å². The molecule has 0 fully saturated rings. The van der Waals surface area contributed by atoms with Crippen LogP contribution in [0.15, 0.2) is 65.6 Å². The fraction of sp³-hybridized carbons (Fsp3) is 0.286. The third kappa shape index (κ3) is 6.52. The highest BCUT2D eigenvalue weighted by Crippen LogP contribution is 2.22. The molecule has 0 aliphatic carbocycles. The van der Waals surface area contributed by atoms with Crippen molar-refractivity contribution >= 4 is 39.1 Å². The number of amides is 1. The molecule has 3 N–H and O–H groups in total. The summed E-state index contributed by atoms with van der Waals surface area (Å²) in [5.41, 5.74) is 0.798. The Balaban J connectivity index is 1.57. The van der Waals surface area contributed by atoms with Crippen molar-refractivity contribution in [1.29, 1.82) is 0 Å². The molecule has 0 bridgehead atoms. The number of halogens is 2. The standard InChI is InChI=1S/C21H22Cl2N2O5S/c22-17-8-6-14(10-18(17)23)12-24-21(27)11-15-7-9-19(20(13-26)30-15)25-31(28,29)16-4-2-1-3-5-16/h1-10,15,19-20,25-26H,11-13H2,(H,24,27)/t15-,19-,20-/m1/s1. The third-order valence-electron chi connectivity index (χ3n) is 4.67. The average molecular weight is 485 g/mol. The van der Waals surface area contributed by atoms with Crippen LogP contribution >= 0.6 is 23.2 Å². The van der Waals surface area contributed by atoms with Crippen molar-refractivity contribution in [3.63, 3.8) is 0 Å². The predicted molar refractivity (Wildman–Crippen MR) is 118 cm³/mol. The minimum atomic E-state index is -3.78. The number of aliphatic hydroxyl groups is 1. The molecule has 7 nitrogen and oxygen atoms in total. The maximum Gasteiger partial charge on any atom is 0.241 e. The van der Waals surface area contributed by atoms with E-state index in [0.717, 1.165) is 5.56 Å². The first kappa shape index (κ1) is 23.7. The molecule has 0 spiro atoms. The van der Waals surface area contributed by atoms with E-state index in [0.29, 0.717) is 10.0 Å². The van der Waals surface area contributed by atoms with Gasteiger partial charge >= 0.3 is 0 Å². The van der Waals surface area contributed by atoms with Crippen molar-refractivity contribution in [3.8, 4) is 0 Å². The van der Waals surface area contributed by atoms with Crippen LogP contribution in [0.1, 0.15) is 12.0 Å². The largest absolute Gasteiger partial charge is 0.394 e. The van der Waals surface area contributed by atoms with Crippen LogP contribution in [0.5, 0.6) is 0 Å². The van der Waals surface area contributed by atoms with Crippen molar-refractivity contribution in [2.45, 2.75) is 36.1 Å². The summed E-state index contributed by atoms with van der Waals surface area (Å²) in [6, 6.07) is 12.2. The van der Waals surface area contributed by atoms with Crippen LogP contribution in [0, 0.1) is 0 Å². The molecular formula is C21H22Cl2N2O5S. The van der Waals surface area contributed by atoms with Crippen LogP contribution in [0.25, 0.3) is 0 Å². The van der Waals surface area contributed by atoms with E-state index in [4.69, 9.17) is 27.9 Å². The highest BCUT2D eigenvalue weighted by Gasteiger charge is 2.31. The number of carbonyl (C=O) groups is 1. The van der Waals surface area contributed by atoms with Gasteiger partial charge in [-0.05, 0) is 29.8 Å². The van der Waals surface area contributed by atoms with Crippen LogP contribution in [0.3, 0.4) is 0 Å². The Morgan fingerprint density at radius 2 is 1.81 bits per heavy atom. The van der Waals surface area contributed by atoms with Gasteiger partial charge in [0.15, 0.2) is 0 Å². The molecule has 3 rings (SSSR count). The van der Waals surface area contributed by atoms with Crippen LogP contribution < -0.4 is 10.0 Å². The molecular weight excluding hydrogens is 463 g/mol. The number of sulfonamides is 1. The molecule has 0 radical (unpaired) electrons. The molecule has 10 heteroatoms. The minimum Gasteiger partial charge on any atom is -0.394 e. The Morgan fingerprint density at radius 3 is 2.48 bits per heavy atom. The van der Waals surface area contributed by atoms with Crippen LogP contribution in [0.2, 0.25) is 10.0 Å². The molecule has 0 saturated heterocycles. The van der Waals surface area contributed by atoms with E-state index in [-0.39, 0.29) is 23.8 Å². The molecule has 0 aromatic heterocycles. The monoisotopic (exact) mass is 484 g/mol. The topological polar surface area (TPSA) is 105 Å². The molecule has 1 amide bonds. The number of ether oxygens (including phenoxy) is 1. The van der Waals surface area contributed by atoms with E-state index in [1.807, 2.05) is 0 Å². The van der Waals surface area contributed by atoms with Gasteiger partial charge in [-0.25, -0.2) is 13.1 Å². The molecule has 1 aliphatic heterocycles. The van der Waals surface area contributed by atoms with Gasteiger partial charge in [0.25, 0.3) is 0 Å². The van der Waals surface area contributed by atoms with E-state index in [2.05, 4.69) is 10.0 Å². The number of rotatable bonds is 8. The van der Waals surface area contributed by atoms with E-state index in [1.54, 1.807) is 48.6 Å². The lowest BCUT2D eigenvalue weighted by atomic mass is 10.1. The van der Waals surface area contributed by atoms with Crippen molar-refractivity contribution in [1.82, 2.24) is 10.0 Å². The number of aliphatic hydroxyl groups excluding tert-OH is 1. The molecule has 0 unspecified atom stereocenters. The average Bonchev–Trinajstić information content (AvgIpc) is 2.76. The van der Waals surface area contributed by atoms with Crippen LogP contribution in [-0.2, 0) is 26.1 Å². The van der Waals surface area contributed by atoms with Crippen molar-refractivity contribution in [3.05, 3.63) is 76.3 Å². The van der Waals surface area contributed by atoms with Gasteiger partial charge in [0.2, 0.25) is 15.9 Å². The van der Waals surface area contributed by atoms with Gasteiger partial charge in [-0.1, -0.05) is 59.6 Å². The number of benzene rings is 2. The number of hydrogen-bond acceptors (Lipinski definition) is 5. The first-order valence-corrected chi connectivity index (χ1v) is 11.7. The number of nitrogens with one attached hydrogen (secondary N) is 2. The summed E-state index contributed by atoms with van der Waals surface area (Å²) >= 11 is 11.8. The lowest BCUT2D eigenvalue weighted by Gasteiger charge is -2.31. The van der Waals surface area contributed by atoms with Gasteiger partial charge in [0.05, 0.1) is 40.1 Å². The molecule has 166 valence electrons. The summed E-state index contributed by atoms with van der Waals surface area (Å²) < 4.78 is 33.3. The second-order valence-corrected chi connectivity index (χ2v) is 9.50. The zero-order valence-corrected chi connectivity index (χ0v) is 18.7. The smallest absolute Gasteiger partial charge is 0.241 e. The Labute approximate surface area is 191 Å². The Bertz CT molecular complexity index is 1050. The normalized spacial score (nSPS) is 21.1. The molecule has 1 aliphatic rings. The Kier molecular flexibility index (Phi) is 8.10. The van der Waals surface area contributed by atoms with Crippen LogP contribution in [-0.4, -0.2) is 44.3 Å². The lowest BCUT2D eigenvalue weighted by Crippen LogP contribution is -2.48. The Hall–Kier alpha value is -1.94. The van der Waals surface area contributed by atoms with Gasteiger partial charge in [-0.2, -0.15) is 0 Å². The molecule has 3 atom stereocenters. The van der Waals surface area contributed by atoms with E-state index < -0.39 is 34.9 Å².